The third-order valence-electron chi connectivity index (χ3n) is 2.60. The molecule has 0 aliphatic carbocycles. The lowest BCUT2D eigenvalue weighted by Gasteiger charge is -2.23. The summed E-state index contributed by atoms with van der Waals surface area (Å²) in [6.45, 7) is 3.00. The maximum atomic E-state index is 11.7. The van der Waals surface area contributed by atoms with Gasteiger partial charge < -0.3 is 10.0 Å². The fourth-order valence-corrected chi connectivity index (χ4v) is 1.59. The maximum Gasteiger partial charge on any atom is 0.323 e. The molecule has 1 heterocycles. The van der Waals surface area contributed by atoms with Crippen LogP contribution in [0.3, 0.4) is 0 Å². The van der Waals surface area contributed by atoms with Crippen molar-refractivity contribution in [2.24, 2.45) is 0 Å². The van der Waals surface area contributed by atoms with Crippen LogP contribution in [0.2, 0.25) is 0 Å². The first-order chi connectivity index (χ1) is 6.52. The van der Waals surface area contributed by atoms with Crippen LogP contribution in [0, 0.1) is 0 Å². The first-order valence-electron chi connectivity index (χ1n) is 4.73. The van der Waals surface area contributed by atoms with Crippen molar-refractivity contribution in [3.8, 4) is 0 Å². The number of carbonyl (C=O) groups is 2. The second-order valence-electron chi connectivity index (χ2n) is 3.66. The second kappa shape index (κ2) is 4.41. The lowest BCUT2D eigenvalue weighted by Crippen LogP contribution is -2.44. The number of likely N-dealkylation sites (N-methyl/N-ethyl adjacent to an activating group) is 1. The Hall–Kier alpha value is -1.10. The first-order valence-corrected chi connectivity index (χ1v) is 4.73. The average molecular weight is 200 g/mol. The molecule has 1 rings (SSSR count). The Labute approximate surface area is 83.3 Å². The number of carboxylic acid groups (broad SMARTS) is 1. The van der Waals surface area contributed by atoms with Gasteiger partial charge in [0.1, 0.15) is 6.54 Å². The Kier molecular flexibility index (Phi) is 3.46. The summed E-state index contributed by atoms with van der Waals surface area (Å²) in [5, 5.41) is 8.62. The molecule has 1 fully saturated rings. The topological polar surface area (TPSA) is 60.9 Å². The molecule has 80 valence electrons. The number of nitrogens with zero attached hydrogens (tertiary/aromatic N) is 2. The fourth-order valence-electron chi connectivity index (χ4n) is 1.59. The predicted molar refractivity (Wildman–Crippen MR) is 50.9 cm³/mol. The van der Waals surface area contributed by atoms with Crippen molar-refractivity contribution in [2.45, 2.75) is 19.4 Å². The molecule has 5 nitrogen and oxygen atoms in total. The average Bonchev–Trinajstić information content (AvgIpc) is 2.21. The molecule has 0 radical (unpaired) electrons. The molecule has 5 heteroatoms. The Morgan fingerprint density at radius 3 is 2.79 bits per heavy atom. The zero-order valence-corrected chi connectivity index (χ0v) is 8.56. The molecule has 1 unspecified atom stereocenters. The van der Waals surface area contributed by atoms with Gasteiger partial charge in [0.2, 0.25) is 5.91 Å². The van der Waals surface area contributed by atoms with Gasteiger partial charge in [-0.25, -0.2) is 0 Å². The van der Waals surface area contributed by atoms with Gasteiger partial charge in [0.15, 0.2) is 0 Å². The first kappa shape index (κ1) is 11.0. The van der Waals surface area contributed by atoms with Gasteiger partial charge in [0, 0.05) is 13.1 Å². The summed E-state index contributed by atoms with van der Waals surface area (Å²) in [5.74, 6) is -1.04. The number of hydrogen-bond acceptors (Lipinski definition) is 3. The molecule has 0 aromatic carbocycles. The zero-order chi connectivity index (χ0) is 10.7. The quantitative estimate of drug-likeness (QED) is 0.660. The van der Waals surface area contributed by atoms with E-state index in [0.29, 0.717) is 6.54 Å². The van der Waals surface area contributed by atoms with Crippen molar-refractivity contribution in [3.63, 3.8) is 0 Å². The van der Waals surface area contributed by atoms with E-state index in [1.807, 2.05) is 18.9 Å². The minimum atomic E-state index is -0.949. The van der Waals surface area contributed by atoms with Gasteiger partial charge in [0.25, 0.3) is 0 Å². The normalized spacial score (nSPS) is 24.9. The monoisotopic (exact) mass is 200 g/mol. The number of hydrogen-bond donors (Lipinski definition) is 1. The Morgan fingerprint density at radius 2 is 2.21 bits per heavy atom. The Bertz CT molecular complexity index is 242. The molecule has 1 aliphatic rings. The summed E-state index contributed by atoms with van der Waals surface area (Å²) in [5.41, 5.74) is 0. The smallest absolute Gasteiger partial charge is 0.323 e. The van der Waals surface area contributed by atoms with E-state index >= 15 is 0 Å². The summed E-state index contributed by atoms with van der Waals surface area (Å²) >= 11 is 0. The molecule has 0 saturated carbocycles. The Balaban J connectivity index is 2.67. The third-order valence-corrected chi connectivity index (χ3v) is 2.60. The van der Waals surface area contributed by atoms with E-state index in [1.165, 1.54) is 4.90 Å². The van der Waals surface area contributed by atoms with Crippen LogP contribution >= 0.6 is 0 Å². The Morgan fingerprint density at radius 1 is 1.57 bits per heavy atom. The lowest BCUT2D eigenvalue weighted by molar-refractivity contribution is -0.145. The van der Waals surface area contributed by atoms with Crippen molar-refractivity contribution >= 4 is 11.9 Å². The van der Waals surface area contributed by atoms with Gasteiger partial charge in [0.05, 0.1) is 6.04 Å². The number of carbonyl (C=O) groups excluding carboxylic acids is 1. The summed E-state index contributed by atoms with van der Waals surface area (Å²) in [6.07, 6.45) is 0.833. The van der Waals surface area contributed by atoms with Crippen LogP contribution in [0.25, 0.3) is 0 Å². The number of rotatable bonds is 2. The highest BCUT2D eigenvalue weighted by atomic mass is 16.4. The van der Waals surface area contributed by atoms with E-state index in [0.717, 1.165) is 13.0 Å². The van der Waals surface area contributed by atoms with Crippen molar-refractivity contribution < 1.29 is 14.7 Å². The highest BCUT2D eigenvalue weighted by molar-refractivity contribution is 5.85. The van der Waals surface area contributed by atoms with E-state index in [9.17, 15) is 9.59 Å². The summed E-state index contributed by atoms with van der Waals surface area (Å²) in [6, 6.07) is -0.211. The van der Waals surface area contributed by atoms with Crippen LogP contribution in [0.4, 0.5) is 0 Å². The molecular formula is C9H16N2O3. The van der Waals surface area contributed by atoms with E-state index < -0.39 is 5.97 Å². The van der Waals surface area contributed by atoms with Gasteiger partial charge in [-0.05, 0) is 20.4 Å². The molecule has 1 saturated heterocycles. The minimum absolute atomic E-state index is 0.0904. The van der Waals surface area contributed by atoms with Crippen molar-refractivity contribution in [2.75, 3.05) is 26.7 Å². The highest BCUT2D eigenvalue weighted by Crippen LogP contribution is 2.08. The molecule has 1 N–H and O–H groups in total. The third kappa shape index (κ3) is 2.45. The largest absolute Gasteiger partial charge is 0.480 e. The molecule has 0 aromatic heterocycles. The number of aliphatic carboxylic acids is 1. The van der Waals surface area contributed by atoms with Crippen LogP contribution in [-0.4, -0.2) is 59.5 Å². The van der Waals surface area contributed by atoms with Crippen LogP contribution in [0.15, 0.2) is 0 Å². The van der Waals surface area contributed by atoms with Gasteiger partial charge in [-0.2, -0.15) is 0 Å². The van der Waals surface area contributed by atoms with E-state index in [4.69, 9.17) is 5.11 Å². The molecule has 0 spiro atoms. The molecule has 0 bridgehead atoms. The molecule has 14 heavy (non-hydrogen) atoms. The summed E-state index contributed by atoms with van der Waals surface area (Å²) in [7, 11) is 1.88. The van der Waals surface area contributed by atoms with Crippen molar-refractivity contribution in [1.29, 1.82) is 0 Å². The van der Waals surface area contributed by atoms with Gasteiger partial charge in [-0.15, -0.1) is 0 Å². The lowest BCUT2D eigenvalue weighted by atomic mass is 10.3. The SMILES string of the molecule is CC1C(=O)N(CC(=O)O)CCCN1C. The predicted octanol–water partition coefficient (Wildman–Crippen LogP) is -0.376. The number of amides is 1. The van der Waals surface area contributed by atoms with E-state index in [-0.39, 0.29) is 18.5 Å². The highest BCUT2D eigenvalue weighted by Gasteiger charge is 2.27. The fraction of sp³-hybridized carbons (Fsp3) is 0.778. The van der Waals surface area contributed by atoms with Crippen molar-refractivity contribution in [1.82, 2.24) is 9.80 Å². The minimum Gasteiger partial charge on any atom is -0.480 e. The standard InChI is InChI=1S/C9H16N2O3/c1-7-9(14)11(6-8(12)13)5-3-4-10(7)2/h7H,3-6H2,1-2H3,(H,12,13). The van der Waals surface area contributed by atoms with Gasteiger partial charge >= 0.3 is 5.97 Å². The second-order valence-corrected chi connectivity index (χ2v) is 3.66. The van der Waals surface area contributed by atoms with Gasteiger partial charge in [-0.3, -0.25) is 14.5 Å². The molecular weight excluding hydrogens is 184 g/mol. The van der Waals surface area contributed by atoms with E-state index in [2.05, 4.69) is 0 Å². The van der Waals surface area contributed by atoms with Crippen LogP contribution in [0.1, 0.15) is 13.3 Å². The maximum absolute atomic E-state index is 11.7. The molecule has 1 aliphatic heterocycles. The number of carboxylic acids is 1. The van der Waals surface area contributed by atoms with Crippen LogP contribution < -0.4 is 0 Å². The summed E-state index contributed by atoms with van der Waals surface area (Å²) < 4.78 is 0. The molecule has 1 amide bonds. The zero-order valence-electron chi connectivity index (χ0n) is 8.56. The van der Waals surface area contributed by atoms with Crippen molar-refractivity contribution in [3.05, 3.63) is 0 Å². The summed E-state index contributed by atoms with van der Waals surface area (Å²) in [4.78, 5) is 25.6. The molecule has 0 aromatic rings. The van der Waals surface area contributed by atoms with Crippen LogP contribution in [-0.2, 0) is 9.59 Å². The molecule has 1 atom stereocenters. The van der Waals surface area contributed by atoms with Gasteiger partial charge in [-0.1, -0.05) is 0 Å². The van der Waals surface area contributed by atoms with Crippen LogP contribution in [0.5, 0.6) is 0 Å². The van der Waals surface area contributed by atoms with E-state index in [1.54, 1.807) is 0 Å².